The molecule has 0 fully saturated rings. The van der Waals surface area contributed by atoms with Crippen LogP contribution >= 0.6 is 0 Å². The van der Waals surface area contributed by atoms with Gasteiger partial charge in [-0.3, -0.25) is 4.99 Å². The summed E-state index contributed by atoms with van der Waals surface area (Å²) < 4.78 is 0. The van der Waals surface area contributed by atoms with Gasteiger partial charge in [0.05, 0.1) is 12.1 Å². The molecule has 1 unspecified atom stereocenters. The summed E-state index contributed by atoms with van der Waals surface area (Å²) in [4.78, 5) is 6.68. The van der Waals surface area contributed by atoms with Crippen LogP contribution in [0.4, 0.5) is 0 Å². The number of benzene rings is 1. The van der Waals surface area contributed by atoms with E-state index in [1.54, 1.807) is 0 Å². The molecule has 0 bridgehead atoms. The van der Waals surface area contributed by atoms with Gasteiger partial charge in [0.2, 0.25) is 0 Å². The Balaban J connectivity index is 2.36. The average molecular weight is 273 g/mol. The second-order valence-electron chi connectivity index (χ2n) is 7.24. The van der Waals surface area contributed by atoms with E-state index in [-0.39, 0.29) is 11.0 Å². The fourth-order valence-corrected chi connectivity index (χ4v) is 3.03. The van der Waals surface area contributed by atoms with Crippen molar-refractivity contribution in [2.75, 3.05) is 6.54 Å². The van der Waals surface area contributed by atoms with Gasteiger partial charge in [0.15, 0.2) is 5.96 Å². The quantitative estimate of drug-likeness (QED) is 0.898. The van der Waals surface area contributed by atoms with Gasteiger partial charge in [-0.2, -0.15) is 0 Å². The lowest BCUT2D eigenvalue weighted by Crippen LogP contribution is -2.51. The van der Waals surface area contributed by atoms with Crippen LogP contribution in [0.2, 0.25) is 0 Å². The molecule has 1 aliphatic rings. The second-order valence-corrected chi connectivity index (χ2v) is 7.24. The van der Waals surface area contributed by atoms with Crippen molar-refractivity contribution in [3.63, 3.8) is 0 Å². The zero-order valence-corrected chi connectivity index (χ0v) is 13.6. The van der Waals surface area contributed by atoms with Crippen LogP contribution in [0.15, 0.2) is 29.3 Å². The minimum Gasteiger partial charge on any atom is -0.370 e. The molecule has 1 aliphatic heterocycles. The summed E-state index contributed by atoms with van der Waals surface area (Å²) in [7, 11) is 0. The highest BCUT2D eigenvalue weighted by Crippen LogP contribution is 2.35. The first-order chi connectivity index (χ1) is 9.16. The summed E-state index contributed by atoms with van der Waals surface area (Å²) in [6.45, 7) is 14.0. The Kier molecular flexibility index (Phi) is 3.57. The number of hydrogen-bond donors (Lipinski definition) is 1. The average Bonchev–Trinajstić information content (AvgIpc) is 2.65. The number of nitrogens with two attached hydrogens (primary N) is 1. The fourth-order valence-electron chi connectivity index (χ4n) is 3.03. The Hall–Kier alpha value is -1.51. The molecular formula is C17H27N3. The molecule has 0 amide bonds. The van der Waals surface area contributed by atoms with Gasteiger partial charge in [0, 0.05) is 6.04 Å². The first-order valence-electron chi connectivity index (χ1n) is 7.36. The van der Waals surface area contributed by atoms with Crippen molar-refractivity contribution >= 4 is 5.96 Å². The monoisotopic (exact) mass is 273 g/mol. The van der Waals surface area contributed by atoms with Crippen molar-refractivity contribution in [2.24, 2.45) is 10.7 Å². The van der Waals surface area contributed by atoms with E-state index in [1.165, 1.54) is 11.1 Å². The van der Waals surface area contributed by atoms with Gasteiger partial charge in [-0.05, 0) is 37.3 Å². The van der Waals surface area contributed by atoms with E-state index in [4.69, 9.17) is 5.73 Å². The zero-order valence-electron chi connectivity index (χ0n) is 13.6. The maximum atomic E-state index is 6.07. The molecule has 20 heavy (non-hydrogen) atoms. The number of aliphatic imine (C=N–C) groups is 1. The van der Waals surface area contributed by atoms with Crippen molar-refractivity contribution in [3.05, 3.63) is 35.4 Å². The van der Waals surface area contributed by atoms with Crippen LogP contribution < -0.4 is 5.73 Å². The van der Waals surface area contributed by atoms with Crippen molar-refractivity contribution in [3.8, 4) is 0 Å². The first kappa shape index (κ1) is 14.9. The number of nitrogens with zero attached hydrogens (tertiary/aromatic N) is 2. The summed E-state index contributed by atoms with van der Waals surface area (Å²) in [6.07, 6.45) is 0. The SMILES string of the molecule is CC(C)N1C(N)=NCC1(C)c1ccc(C(C)(C)C)cc1. The molecule has 3 heteroatoms. The fraction of sp³-hybridized carbons (Fsp3) is 0.588. The molecule has 3 nitrogen and oxygen atoms in total. The molecule has 2 N–H and O–H groups in total. The van der Waals surface area contributed by atoms with Crippen LogP contribution in [0, 0.1) is 0 Å². The lowest BCUT2D eigenvalue weighted by Gasteiger charge is -2.39. The molecule has 2 rings (SSSR count). The lowest BCUT2D eigenvalue weighted by molar-refractivity contribution is 0.185. The molecule has 0 aliphatic carbocycles. The first-order valence-corrected chi connectivity index (χ1v) is 7.36. The van der Waals surface area contributed by atoms with Gasteiger partial charge in [0.1, 0.15) is 0 Å². The Morgan fingerprint density at radius 1 is 1.20 bits per heavy atom. The van der Waals surface area contributed by atoms with Crippen molar-refractivity contribution in [1.29, 1.82) is 0 Å². The van der Waals surface area contributed by atoms with Gasteiger partial charge >= 0.3 is 0 Å². The maximum Gasteiger partial charge on any atom is 0.192 e. The maximum absolute atomic E-state index is 6.07. The summed E-state index contributed by atoms with van der Waals surface area (Å²) in [5.41, 5.74) is 8.76. The highest BCUT2D eigenvalue weighted by Gasteiger charge is 2.40. The third kappa shape index (κ3) is 2.41. The molecule has 1 heterocycles. The number of guanidine groups is 1. The largest absolute Gasteiger partial charge is 0.370 e. The van der Waals surface area contributed by atoms with Crippen LogP contribution in [0.3, 0.4) is 0 Å². The van der Waals surface area contributed by atoms with Crippen LogP contribution in [-0.4, -0.2) is 23.4 Å². The standard InChI is InChI=1S/C17H27N3/c1-12(2)20-15(18)19-11-17(20,6)14-9-7-13(8-10-14)16(3,4)5/h7-10,12H,11H2,1-6H3,(H2,18,19). The Morgan fingerprint density at radius 3 is 2.20 bits per heavy atom. The number of rotatable bonds is 2. The lowest BCUT2D eigenvalue weighted by atomic mass is 9.83. The second kappa shape index (κ2) is 4.80. The topological polar surface area (TPSA) is 41.6 Å². The molecule has 1 aromatic carbocycles. The van der Waals surface area contributed by atoms with E-state index < -0.39 is 0 Å². The Bertz CT molecular complexity index is 508. The molecule has 0 saturated carbocycles. The minimum absolute atomic E-state index is 0.130. The normalized spacial score (nSPS) is 23.4. The van der Waals surface area contributed by atoms with Crippen LogP contribution in [0.25, 0.3) is 0 Å². The molecule has 110 valence electrons. The third-order valence-electron chi connectivity index (χ3n) is 4.22. The zero-order chi connectivity index (χ0) is 15.1. The predicted octanol–water partition coefficient (Wildman–Crippen LogP) is 3.24. The van der Waals surface area contributed by atoms with Gasteiger partial charge in [-0.25, -0.2) is 0 Å². The van der Waals surface area contributed by atoms with E-state index in [9.17, 15) is 0 Å². The highest BCUT2D eigenvalue weighted by molar-refractivity contribution is 5.81. The predicted molar refractivity (Wildman–Crippen MR) is 86.0 cm³/mol. The van der Waals surface area contributed by atoms with Crippen molar-refractivity contribution < 1.29 is 0 Å². The van der Waals surface area contributed by atoms with E-state index in [1.807, 2.05) is 0 Å². The summed E-state index contributed by atoms with van der Waals surface area (Å²) in [5, 5.41) is 0. The molecule has 1 aromatic rings. The van der Waals surface area contributed by atoms with Gasteiger partial charge in [0.25, 0.3) is 0 Å². The summed E-state index contributed by atoms with van der Waals surface area (Å²) in [6, 6.07) is 9.25. The molecule has 0 radical (unpaired) electrons. The van der Waals surface area contributed by atoms with Crippen LogP contribution in [0.1, 0.15) is 52.7 Å². The van der Waals surface area contributed by atoms with Crippen molar-refractivity contribution in [1.82, 2.24) is 4.90 Å². The minimum atomic E-state index is -0.130. The highest BCUT2D eigenvalue weighted by atomic mass is 15.4. The molecule has 0 spiro atoms. The molecule has 0 saturated heterocycles. The third-order valence-corrected chi connectivity index (χ3v) is 4.22. The molecule has 1 atom stereocenters. The van der Waals surface area contributed by atoms with Crippen molar-refractivity contribution in [2.45, 2.75) is 58.5 Å². The van der Waals surface area contributed by atoms with E-state index in [0.29, 0.717) is 12.0 Å². The van der Waals surface area contributed by atoms with Gasteiger partial charge in [-0.1, -0.05) is 45.0 Å². The van der Waals surface area contributed by atoms with Gasteiger partial charge < -0.3 is 10.6 Å². The van der Waals surface area contributed by atoms with Crippen LogP contribution in [0.5, 0.6) is 0 Å². The van der Waals surface area contributed by atoms with E-state index >= 15 is 0 Å². The summed E-state index contributed by atoms with van der Waals surface area (Å²) >= 11 is 0. The Morgan fingerprint density at radius 2 is 1.75 bits per heavy atom. The smallest absolute Gasteiger partial charge is 0.192 e. The van der Waals surface area contributed by atoms with E-state index in [2.05, 4.69) is 75.7 Å². The summed E-state index contributed by atoms with van der Waals surface area (Å²) in [5.74, 6) is 0.655. The molecular weight excluding hydrogens is 246 g/mol. The molecule has 0 aromatic heterocycles. The van der Waals surface area contributed by atoms with Crippen LogP contribution in [-0.2, 0) is 11.0 Å². The number of hydrogen-bond acceptors (Lipinski definition) is 3. The van der Waals surface area contributed by atoms with Gasteiger partial charge in [-0.15, -0.1) is 0 Å². The Labute approximate surface area is 122 Å². The van der Waals surface area contributed by atoms with E-state index in [0.717, 1.165) is 6.54 Å².